The molecule has 14 heteroatoms. The number of amides is 5. The summed E-state index contributed by atoms with van der Waals surface area (Å²) in [7, 11) is 0. The van der Waals surface area contributed by atoms with Gasteiger partial charge in [-0.25, -0.2) is 4.79 Å². The molecule has 0 aromatic rings. The molecule has 0 bridgehead atoms. The molecule has 0 aliphatic carbocycles. The van der Waals surface area contributed by atoms with E-state index in [-0.39, 0.29) is 12.8 Å². The summed E-state index contributed by atoms with van der Waals surface area (Å²) in [5.74, 6) is -5.88. The molecule has 0 fully saturated rings. The maximum atomic E-state index is 12.8. The van der Waals surface area contributed by atoms with E-state index < -0.39 is 72.0 Å². The monoisotopic (exact) mass is 487 g/mol. The lowest BCUT2D eigenvalue weighted by molar-refractivity contribution is -0.143. The van der Waals surface area contributed by atoms with Gasteiger partial charge in [0.1, 0.15) is 18.1 Å². The number of unbranched alkanes of at least 4 members (excludes halogenated alkanes) is 1. The van der Waals surface area contributed by atoms with Gasteiger partial charge < -0.3 is 44.0 Å². The number of carboxylic acid groups (broad SMARTS) is 1. The van der Waals surface area contributed by atoms with Crippen molar-refractivity contribution in [1.29, 1.82) is 0 Å². The zero-order chi connectivity index (χ0) is 26.4. The number of carbonyl (C=O) groups excluding carboxylic acids is 5. The van der Waals surface area contributed by atoms with Gasteiger partial charge in [-0.1, -0.05) is 20.3 Å². The van der Waals surface area contributed by atoms with Gasteiger partial charge in [0.05, 0.1) is 12.5 Å². The fourth-order valence-corrected chi connectivity index (χ4v) is 2.92. The first-order valence-corrected chi connectivity index (χ1v) is 11.0. The average Bonchev–Trinajstić information content (AvgIpc) is 2.73. The molecule has 12 N–H and O–H groups in total. The Hall–Kier alpha value is -3.26. The van der Waals surface area contributed by atoms with Crippen LogP contribution in [-0.2, 0) is 28.8 Å². The molecule has 0 aromatic carbocycles. The van der Waals surface area contributed by atoms with Gasteiger partial charge >= 0.3 is 5.97 Å². The number of nitrogens with two attached hydrogens (primary N) is 4. The van der Waals surface area contributed by atoms with Crippen LogP contribution in [0.15, 0.2) is 0 Å². The first-order valence-electron chi connectivity index (χ1n) is 11.0. The lowest BCUT2D eigenvalue weighted by atomic mass is 10.0. The second kappa shape index (κ2) is 15.6. The number of hydrogen-bond acceptors (Lipinski definition) is 8. The van der Waals surface area contributed by atoms with Crippen LogP contribution in [0.2, 0.25) is 0 Å². The normalized spacial score (nSPS) is 14.4. The number of carboxylic acids is 1. The van der Waals surface area contributed by atoms with Gasteiger partial charge in [-0.05, 0) is 31.7 Å². The second-order valence-electron chi connectivity index (χ2n) is 8.26. The highest BCUT2D eigenvalue weighted by Crippen LogP contribution is 2.07. The Kier molecular flexibility index (Phi) is 14.1. The second-order valence-corrected chi connectivity index (χ2v) is 8.26. The number of nitrogens with one attached hydrogen (secondary N) is 3. The Morgan fingerprint density at radius 3 is 1.85 bits per heavy atom. The quantitative estimate of drug-likeness (QED) is 0.0957. The van der Waals surface area contributed by atoms with E-state index in [1.807, 2.05) is 0 Å². The highest BCUT2D eigenvalue weighted by Gasteiger charge is 2.32. The summed E-state index contributed by atoms with van der Waals surface area (Å²) in [6.07, 6.45) is 0.510. The molecule has 34 heavy (non-hydrogen) atoms. The van der Waals surface area contributed by atoms with Crippen LogP contribution in [-0.4, -0.2) is 71.3 Å². The van der Waals surface area contributed by atoms with Crippen LogP contribution in [0.1, 0.15) is 52.4 Å². The first-order chi connectivity index (χ1) is 15.8. The first kappa shape index (κ1) is 30.7. The van der Waals surface area contributed by atoms with Gasteiger partial charge in [0.25, 0.3) is 0 Å². The van der Waals surface area contributed by atoms with Crippen LogP contribution in [0.25, 0.3) is 0 Å². The molecule has 0 saturated carbocycles. The van der Waals surface area contributed by atoms with Crippen molar-refractivity contribution in [2.24, 2.45) is 28.9 Å². The van der Waals surface area contributed by atoms with E-state index in [0.29, 0.717) is 25.8 Å². The minimum Gasteiger partial charge on any atom is -0.480 e. The van der Waals surface area contributed by atoms with Gasteiger partial charge in [-0.3, -0.25) is 24.0 Å². The summed E-state index contributed by atoms with van der Waals surface area (Å²) in [6, 6.07) is -4.97. The smallest absolute Gasteiger partial charge is 0.326 e. The molecule has 4 unspecified atom stereocenters. The summed E-state index contributed by atoms with van der Waals surface area (Å²) >= 11 is 0. The summed E-state index contributed by atoms with van der Waals surface area (Å²) < 4.78 is 0. The topological polar surface area (TPSA) is 263 Å². The van der Waals surface area contributed by atoms with Crippen LogP contribution in [0.5, 0.6) is 0 Å². The molecule has 14 nitrogen and oxygen atoms in total. The van der Waals surface area contributed by atoms with Crippen molar-refractivity contribution in [2.75, 3.05) is 6.54 Å². The number of aliphatic carboxylic acids is 1. The number of hydrogen-bond donors (Lipinski definition) is 8. The predicted molar refractivity (Wildman–Crippen MR) is 121 cm³/mol. The lowest BCUT2D eigenvalue weighted by Gasteiger charge is -2.26. The molecule has 0 aromatic heterocycles. The molecule has 0 spiro atoms. The van der Waals surface area contributed by atoms with Crippen molar-refractivity contribution < 1.29 is 33.9 Å². The zero-order valence-corrected chi connectivity index (χ0v) is 19.5. The molecular weight excluding hydrogens is 450 g/mol. The SMILES string of the molecule is CC(C)C(NC(=O)C(CC(N)=O)NC(=O)C(N)CCCCN)C(=O)NC(CCC(N)=O)C(=O)O. The Morgan fingerprint density at radius 1 is 0.794 bits per heavy atom. The van der Waals surface area contributed by atoms with E-state index in [1.165, 1.54) is 0 Å². The zero-order valence-electron chi connectivity index (χ0n) is 19.5. The average molecular weight is 488 g/mol. The van der Waals surface area contributed by atoms with E-state index >= 15 is 0 Å². The van der Waals surface area contributed by atoms with Crippen LogP contribution >= 0.6 is 0 Å². The largest absolute Gasteiger partial charge is 0.480 e. The molecule has 0 aliphatic heterocycles. The molecule has 194 valence electrons. The van der Waals surface area contributed by atoms with Gasteiger partial charge in [0.15, 0.2) is 0 Å². The highest BCUT2D eigenvalue weighted by atomic mass is 16.4. The molecule has 0 rings (SSSR count). The molecule has 0 aliphatic rings. The molecule has 5 amide bonds. The lowest BCUT2D eigenvalue weighted by Crippen LogP contribution is -2.59. The van der Waals surface area contributed by atoms with Gasteiger partial charge in [0, 0.05) is 6.42 Å². The Labute approximate surface area is 197 Å². The highest BCUT2D eigenvalue weighted by molar-refractivity contribution is 5.96. The fraction of sp³-hybridized carbons (Fsp3) is 0.700. The minimum atomic E-state index is -1.41. The van der Waals surface area contributed by atoms with Crippen LogP contribution < -0.4 is 38.9 Å². The summed E-state index contributed by atoms with van der Waals surface area (Å²) in [4.78, 5) is 71.6. The fourth-order valence-electron chi connectivity index (χ4n) is 2.92. The van der Waals surface area contributed by atoms with E-state index in [4.69, 9.17) is 22.9 Å². The van der Waals surface area contributed by atoms with Crippen LogP contribution in [0.4, 0.5) is 0 Å². The van der Waals surface area contributed by atoms with Crippen molar-refractivity contribution in [3.63, 3.8) is 0 Å². The molecule has 0 saturated heterocycles. The predicted octanol–water partition coefficient (Wildman–Crippen LogP) is -3.22. The molecule has 0 heterocycles. The van der Waals surface area contributed by atoms with Crippen molar-refractivity contribution in [1.82, 2.24) is 16.0 Å². The molecule has 4 atom stereocenters. The number of primary amides is 2. The Morgan fingerprint density at radius 2 is 1.38 bits per heavy atom. The van der Waals surface area contributed by atoms with E-state index in [0.717, 1.165) is 0 Å². The summed E-state index contributed by atoms with van der Waals surface area (Å²) in [5.41, 5.74) is 21.4. The minimum absolute atomic E-state index is 0.239. The Balaban J connectivity index is 5.37. The van der Waals surface area contributed by atoms with Gasteiger partial charge in [0.2, 0.25) is 29.5 Å². The third-order valence-corrected chi connectivity index (χ3v) is 4.89. The maximum Gasteiger partial charge on any atom is 0.326 e. The Bertz CT molecular complexity index is 745. The maximum absolute atomic E-state index is 12.8. The van der Waals surface area contributed by atoms with Crippen LogP contribution in [0, 0.1) is 5.92 Å². The summed E-state index contributed by atoms with van der Waals surface area (Å²) in [6.45, 7) is 3.63. The van der Waals surface area contributed by atoms with E-state index in [9.17, 15) is 33.9 Å². The number of rotatable bonds is 17. The van der Waals surface area contributed by atoms with Crippen molar-refractivity contribution in [3.05, 3.63) is 0 Å². The van der Waals surface area contributed by atoms with Crippen molar-refractivity contribution in [2.45, 2.75) is 76.5 Å². The molecule has 0 radical (unpaired) electrons. The van der Waals surface area contributed by atoms with Crippen molar-refractivity contribution >= 4 is 35.5 Å². The van der Waals surface area contributed by atoms with E-state index in [1.54, 1.807) is 13.8 Å². The summed E-state index contributed by atoms with van der Waals surface area (Å²) in [5, 5.41) is 16.3. The van der Waals surface area contributed by atoms with E-state index in [2.05, 4.69) is 16.0 Å². The van der Waals surface area contributed by atoms with Gasteiger partial charge in [-0.15, -0.1) is 0 Å². The third-order valence-electron chi connectivity index (χ3n) is 4.89. The third kappa shape index (κ3) is 12.1. The number of carbonyl (C=O) groups is 6. The molecular formula is C20H37N7O7. The standard InChI is InChI=1S/C20H37N7O7/c1-10(2)16(19(32)25-12(20(33)34)6-7-14(23)28)27-18(31)13(9-15(24)29)26-17(30)11(22)5-3-4-8-21/h10-13,16H,3-9,21-22H2,1-2H3,(H2,23,28)(H2,24,29)(H,25,32)(H,26,30)(H,27,31)(H,33,34). The van der Waals surface area contributed by atoms with Crippen LogP contribution in [0.3, 0.4) is 0 Å². The van der Waals surface area contributed by atoms with Crippen molar-refractivity contribution in [3.8, 4) is 0 Å². The van der Waals surface area contributed by atoms with Gasteiger partial charge in [-0.2, -0.15) is 0 Å².